The van der Waals surface area contributed by atoms with E-state index >= 15 is 0 Å². The number of benzene rings is 3. The minimum Gasteiger partial charge on any atom is -0.195 e. The van der Waals surface area contributed by atoms with Crippen LogP contribution in [0.3, 0.4) is 0 Å². The van der Waals surface area contributed by atoms with Crippen LogP contribution in [0.2, 0.25) is 0 Å². The van der Waals surface area contributed by atoms with E-state index in [0.717, 1.165) is 29.7 Å². The van der Waals surface area contributed by atoms with Crippen molar-refractivity contribution < 1.29 is 0 Å². The van der Waals surface area contributed by atoms with Crippen molar-refractivity contribution >= 4 is 34.7 Å². The molecular weight excluding hydrogens is 418 g/mol. The van der Waals surface area contributed by atoms with Crippen molar-refractivity contribution in [3.05, 3.63) is 100 Å². The topological polar surface area (TPSA) is 12.4 Å². The Morgan fingerprint density at radius 2 is 1.58 bits per heavy atom. The van der Waals surface area contributed by atoms with Crippen LogP contribution in [0.4, 0.5) is 5.69 Å². The SMILES string of the molecule is CCCCCCc1ccc(C#Cc2ccc3c(c2)CCC(c2ccc(N=C=S)cc2)=C3)cc1. The van der Waals surface area contributed by atoms with Gasteiger partial charge in [-0.1, -0.05) is 74.4 Å². The van der Waals surface area contributed by atoms with Crippen LogP contribution in [0.1, 0.15) is 72.4 Å². The van der Waals surface area contributed by atoms with Crippen LogP contribution in [0.5, 0.6) is 0 Å². The van der Waals surface area contributed by atoms with Gasteiger partial charge >= 0.3 is 0 Å². The summed E-state index contributed by atoms with van der Waals surface area (Å²) in [5.41, 5.74) is 9.66. The quantitative estimate of drug-likeness (QED) is 0.153. The van der Waals surface area contributed by atoms with Crippen LogP contribution in [0.25, 0.3) is 11.6 Å². The van der Waals surface area contributed by atoms with Crippen molar-refractivity contribution in [1.82, 2.24) is 0 Å². The number of aryl methyl sites for hydroxylation is 2. The van der Waals surface area contributed by atoms with Gasteiger partial charge in [-0.3, -0.25) is 0 Å². The highest BCUT2D eigenvalue weighted by Gasteiger charge is 2.12. The van der Waals surface area contributed by atoms with E-state index in [9.17, 15) is 0 Å². The Balaban J connectivity index is 1.43. The van der Waals surface area contributed by atoms with E-state index in [1.807, 2.05) is 12.1 Å². The molecule has 0 aromatic heterocycles. The normalized spacial score (nSPS) is 12.1. The molecule has 0 saturated heterocycles. The summed E-state index contributed by atoms with van der Waals surface area (Å²) in [6.45, 7) is 2.25. The molecule has 0 unspecified atom stereocenters. The summed E-state index contributed by atoms with van der Waals surface area (Å²) in [5.74, 6) is 6.69. The maximum Gasteiger partial charge on any atom is 0.0739 e. The van der Waals surface area contributed by atoms with Crippen molar-refractivity contribution in [1.29, 1.82) is 0 Å². The molecule has 3 aromatic rings. The Kier molecular flexibility index (Phi) is 8.04. The summed E-state index contributed by atoms with van der Waals surface area (Å²) in [5, 5.41) is 2.42. The fourth-order valence-electron chi connectivity index (χ4n) is 4.26. The average molecular weight is 448 g/mol. The standard InChI is InChI=1S/C31H29NS/c1-2-3-4-5-6-24-7-9-25(10-8-24)11-12-26-13-14-30-22-29(16-15-28(30)21-26)27-17-19-31(20-18-27)32-23-33/h7-10,13-14,17-22H,2-6,15-16H2,1H3. The van der Waals surface area contributed by atoms with Crippen LogP contribution in [-0.4, -0.2) is 5.16 Å². The first kappa shape index (κ1) is 22.9. The summed E-state index contributed by atoms with van der Waals surface area (Å²) in [6, 6.07) is 23.5. The van der Waals surface area contributed by atoms with E-state index < -0.39 is 0 Å². The van der Waals surface area contributed by atoms with Crippen molar-refractivity contribution in [3.63, 3.8) is 0 Å². The maximum absolute atomic E-state index is 4.68. The maximum atomic E-state index is 4.68. The van der Waals surface area contributed by atoms with Gasteiger partial charge in [-0.15, -0.1) is 0 Å². The van der Waals surface area contributed by atoms with E-state index in [-0.39, 0.29) is 0 Å². The minimum atomic E-state index is 0.843. The van der Waals surface area contributed by atoms with Gasteiger partial charge in [0.1, 0.15) is 0 Å². The largest absolute Gasteiger partial charge is 0.195 e. The molecule has 0 N–H and O–H groups in total. The van der Waals surface area contributed by atoms with Gasteiger partial charge in [0.05, 0.1) is 10.8 Å². The number of fused-ring (bicyclic) bond motifs is 1. The number of thiocarbonyl (C=S) groups is 1. The van der Waals surface area contributed by atoms with Crippen LogP contribution in [0.15, 0.2) is 71.7 Å². The summed E-state index contributed by atoms with van der Waals surface area (Å²) in [6.07, 6.45) is 10.7. The molecular formula is C31H29NS. The molecule has 0 fully saturated rings. The molecule has 0 heterocycles. The number of aliphatic imine (C=N–C) groups is 1. The molecule has 0 radical (unpaired) electrons. The number of hydrogen-bond acceptors (Lipinski definition) is 2. The zero-order chi connectivity index (χ0) is 22.9. The summed E-state index contributed by atoms with van der Waals surface area (Å²) < 4.78 is 0. The van der Waals surface area contributed by atoms with Gasteiger partial charge in [0, 0.05) is 11.1 Å². The van der Waals surface area contributed by atoms with Gasteiger partial charge in [-0.2, -0.15) is 4.99 Å². The molecule has 0 atom stereocenters. The highest BCUT2D eigenvalue weighted by Crippen LogP contribution is 2.31. The van der Waals surface area contributed by atoms with E-state index in [1.54, 1.807) is 0 Å². The number of isothiocyanates is 1. The van der Waals surface area contributed by atoms with E-state index in [4.69, 9.17) is 0 Å². The van der Waals surface area contributed by atoms with Crippen LogP contribution < -0.4 is 0 Å². The molecule has 0 aliphatic heterocycles. The molecule has 1 aliphatic rings. The van der Waals surface area contributed by atoms with Gasteiger partial charge < -0.3 is 0 Å². The second-order valence-corrected chi connectivity index (χ2v) is 8.77. The van der Waals surface area contributed by atoms with Crippen LogP contribution in [0, 0.1) is 11.8 Å². The number of nitrogens with zero attached hydrogens (tertiary/aromatic N) is 1. The lowest BCUT2D eigenvalue weighted by Crippen LogP contribution is -1.99. The molecule has 3 aromatic carbocycles. The van der Waals surface area contributed by atoms with Gasteiger partial charge in [0.15, 0.2) is 0 Å². The Bertz CT molecular complexity index is 1230. The summed E-state index contributed by atoms with van der Waals surface area (Å²) in [7, 11) is 0. The fraction of sp³-hybridized carbons (Fsp3) is 0.258. The lowest BCUT2D eigenvalue weighted by molar-refractivity contribution is 0.667. The Hall–Kier alpha value is -3.24. The van der Waals surface area contributed by atoms with Crippen molar-refractivity contribution in [2.24, 2.45) is 4.99 Å². The van der Waals surface area contributed by atoms with Crippen LogP contribution >= 0.6 is 12.2 Å². The third-order valence-electron chi connectivity index (χ3n) is 6.17. The lowest BCUT2D eigenvalue weighted by atomic mass is 9.88. The van der Waals surface area contributed by atoms with Crippen molar-refractivity contribution in [3.8, 4) is 11.8 Å². The summed E-state index contributed by atoms with van der Waals surface area (Å²) in [4.78, 5) is 4.03. The third-order valence-corrected chi connectivity index (χ3v) is 6.26. The lowest BCUT2D eigenvalue weighted by Gasteiger charge is -2.17. The predicted octanol–water partition coefficient (Wildman–Crippen LogP) is 8.43. The smallest absolute Gasteiger partial charge is 0.0739 e. The van der Waals surface area contributed by atoms with E-state index in [0.29, 0.717) is 0 Å². The zero-order valence-corrected chi connectivity index (χ0v) is 20.0. The summed E-state index contributed by atoms with van der Waals surface area (Å²) >= 11 is 4.68. The highest BCUT2D eigenvalue weighted by molar-refractivity contribution is 7.78. The molecule has 1 aliphatic carbocycles. The molecule has 164 valence electrons. The molecule has 2 heteroatoms. The molecule has 1 nitrogen and oxygen atoms in total. The number of hydrogen-bond donors (Lipinski definition) is 0. The highest BCUT2D eigenvalue weighted by atomic mass is 32.1. The first-order chi connectivity index (χ1) is 16.2. The second-order valence-electron chi connectivity index (χ2n) is 8.59. The van der Waals surface area contributed by atoms with Crippen molar-refractivity contribution in [2.75, 3.05) is 0 Å². The number of allylic oxidation sites excluding steroid dienone is 1. The van der Waals surface area contributed by atoms with Gasteiger partial charge in [-0.05, 0) is 102 Å². The predicted molar refractivity (Wildman–Crippen MR) is 144 cm³/mol. The monoisotopic (exact) mass is 447 g/mol. The first-order valence-corrected chi connectivity index (χ1v) is 12.3. The van der Waals surface area contributed by atoms with Gasteiger partial charge in [0.2, 0.25) is 0 Å². The Morgan fingerprint density at radius 1 is 0.818 bits per heavy atom. The fourth-order valence-corrected chi connectivity index (χ4v) is 4.36. The first-order valence-electron chi connectivity index (χ1n) is 11.9. The molecule has 0 amide bonds. The van der Waals surface area contributed by atoms with Gasteiger partial charge in [-0.25, -0.2) is 0 Å². The molecule has 33 heavy (non-hydrogen) atoms. The van der Waals surface area contributed by atoms with Gasteiger partial charge in [0.25, 0.3) is 0 Å². The van der Waals surface area contributed by atoms with E-state index in [1.165, 1.54) is 59.9 Å². The third kappa shape index (κ3) is 6.39. The number of rotatable bonds is 7. The number of unbranched alkanes of at least 4 members (excludes halogenated alkanes) is 3. The van der Waals surface area contributed by atoms with E-state index in [2.05, 4.69) is 102 Å². The molecule has 0 bridgehead atoms. The van der Waals surface area contributed by atoms with Crippen molar-refractivity contribution in [2.45, 2.75) is 51.9 Å². The molecule has 0 saturated carbocycles. The Morgan fingerprint density at radius 3 is 2.33 bits per heavy atom. The zero-order valence-electron chi connectivity index (χ0n) is 19.2. The molecule has 0 spiro atoms. The minimum absolute atomic E-state index is 0.843. The average Bonchev–Trinajstić information content (AvgIpc) is 2.86. The molecule has 4 rings (SSSR count). The second kappa shape index (κ2) is 11.6. The Labute approximate surface area is 203 Å². The van der Waals surface area contributed by atoms with Crippen LogP contribution in [-0.2, 0) is 12.8 Å².